The van der Waals surface area contributed by atoms with Crippen molar-refractivity contribution in [1.29, 1.82) is 5.26 Å². The summed E-state index contributed by atoms with van der Waals surface area (Å²) < 4.78 is 5.45. The molecule has 0 spiro atoms. The fraction of sp³-hybridized carbons (Fsp3) is 0.0769. The lowest BCUT2D eigenvalue weighted by atomic mass is 10.0. The first-order valence-corrected chi connectivity index (χ1v) is 10.9. The number of anilines is 1. The smallest absolute Gasteiger partial charge is 0.136 e. The summed E-state index contributed by atoms with van der Waals surface area (Å²) in [7, 11) is 0. The Hall–Kier alpha value is -3.88. The van der Waals surface area contributed by atoms with Gasteiger partial charge in [-0.2, -0.15) is 5.26 Å². The molecule has 0 aliphatic heterocycles. The monoisotopic (exact) mass is 423 g/mol. The van der Waals surface area contributed by atoms with E-state index in [1.807, 2.05) is 54.8 Å². The van der Waals surface area contributed by atoms with E-state index in [-0.39, 0.29) is 0 Å². The average Bonchev–Trinajstić information content (AvgIpc) is 3.32. The largest absolute Gasteiger partial charge is 0.494 e. The highest BCUT2D eigenvalue weighted by molar-refractivity contribution is 7.11. The third-order valence-corrected chi connectivity index (χ3v) is 5.57. The van der Waals surface area contributed by atoms with Crippen LogP contribution in [-0.4, -0.2) is 11.6 Å². The number of nitriles is 1. The molecule has 1 N–H and O–H groups in total. The zero-order valence-electron chi connectivity index (χ0n) is 17.1. The number of thiazole rings is 1. The van der Waals surface area contributed by atoms with E-state index >= 15 is 0 Å². The van der Waals surface area contributed by atoms with E-state index in [0.29, 0.717) is 17.2 Å². The van der Waals surface area contributed by atoms with Crippen LogP contribution in [0.4, 0.5) is 5.69 Å². The van der Waals surface area contributed by atoms with Gasteiger partial charge in [-0.1, -0.05) is 54.6 Å². The van der Waals surface area contributed by atoms with E-state index < -0.39 is 0 Å². The Balaban J connectivity index is 1.48. The normalized spacial score (nSPS) is 11.0. The van der Waals surface area contributed by atoms with E-state index in [4.69, 9.17) is 4.74 Å². The van der Waals surface area contributed by atoms with Gasteiger partial charge in [-0.15, -0.1) is 11.3 Å². The highest BCUT2D eigenvalue weighted by Gasteiger charge is 2.09. The molecule has 0 unspecified atom stereocenters. The number of benzene rings is 3. The van der Waals surface area contributed by atoms with Gasteiger partial charge in [0.1, 0.15) is 22.4 Å². The molecule has 1 heterocycles. The lowest BCUT2D eigenvalue weighted by molar-refractivity contribution is 0.340. The summed E-state index contributed by atoms with van der Waals surface area (Å²) >= 11 is 1.46. The number of rotatable bonds is 7. The predicted octanol–water partition coefficient (Wildman–Crippen LogP) is 6.85. The zero-order chi connectivity index (χ0) is 21.5. The Morgan fingerprint density at radius 3 is 2.32 bits per heavy atom. The standard InChI is InChI=1S/C26H21N3OS/c1-2-30-24-14-12-23(13-15-24)28-17-22(16-27)26-29-25(18-31-26)21-10-8-20(9-11-21)19-6-4-3-5-7-19/h3-15,17-18,28H,2H2,1H3/b22-17+. The number of hydrogen-bond acceptors (Lipinski definition) is 5. The third-order valence-electron chi connectivity index (χ3n) is 4.69. The van der Waals surface area contributed by atoms with Crippen LogP contribution in [0.3, 0.4) is 0 Å². The molecule has 3 aromatic carbocycles. The first-order valence-electron chi connectivity index (χ1n) is 9.98. The summed E-state index contributed by atoms with van der Waals surface area (Å²) in [6, 6.07) is 28.4. The first-order chi connectivity index (χ1) is 15.3. The minimum atomic E-state index is 0.492. The lowest BCUT2D eigenvalue weighted by Gasteiger charge is -2.05. The molecule has 5 heteroatoms. The van der Waals surface area contributed by atoms with Gasteiger partial charge in [0.15, 0.2) is 0 Å². The molecule has 0 radical (unpaired) electrons. The second-order valence-electron chi connectivity index (χ2n) is 6.75. The van der Waals surface area contributed by atoms with Crippen LogP contribution in [0.1, 0.15) is 11.9 Å². The summed E-state index contributed by atoms with van der Waals surface area (Å²) in [6.07, 6.45) is 1.69. The van der Waals surface area contributed by atoms with Crippen molar-refractivity contribution in [1.82, 2.24) is 4.98 Å². The van der Waals surface area contributed by atoms with Gasteiger partial charge in [-0.05, 0) is 42.3 Å². The molecule has 0 fully saturated rings. The molecule has 4 rings (SSSR count). The van der Waals surface area contributed by atoms with E-state index in [1.165, 1.54) is 16.9 Å². The summed E-state index contributed by atoms with van der Waals surface area (Å²) in [6.45, 7) is 2.58. The Morgan fingerprint density at radius 1 is 0.968 bits per heavy atom. The fourth-order valence-corrected chi connectivity index (χ4v) is 3.90. The Labute approximate surface area is 186 Å². The molecule has 31 heavy (non-hydrogen) atoms. The number of allylic oxidation sites excluding steroid dienone is 1. The first kappa shape index (κ1) is 20.4. The van der Waals surface area contributed by atoms with Crippen LogP contribution in [0.15, 0.2) is 90.4 Å². The Bertz CT molecular complexity index is 1200. The maximum Gasteiger partial charge on any atom is 0.136 e. The maximum absolute atomic E-state index is 9.60. The summed E-state index contributed by atoms with van der Waals surface area (Å²) in [5, 5.41) is 15.4. The number of aromatic nitrogens is 1. The van der Waals surface area contributed by atoms with E-state index in [9.17, 15) is 5.26 Å². The van der Waals surface area contributed by atoms with Gasteiger partial charge < -0.3 is 10.1 Å². The highest BCUT2D eigenvalue weighted by atomic mass is 32.1. The second kappa shape index (κ2) is 9.75. The molecule has 0 saturated heterocycles. The maximum atomic E-state index is 9.60. The molecule has 0 atom stereocenters. The van der Waals surface area contributed by atoms with E-state index in [0.717, 1.165) is 28.3 Å². The molecule has 4 nitrogen and oxygen atoms in total. The van der Waals surface area contributed by atoms with Crippen LogP contribution in [0.25, 0.3) is 28.0 Å². The summed E-state index contributed by atoms with van der Waals surface area (Å²) in [4.78, 5) is 4.67. The van der Waals surface area contributed by atoms with Crippen molar-refractivity contribution < 1.29 is 4.74 Å². The van der Waals surface area contributed by atoms with E-state index in [1.54, 1.807) is 6.20 Å². The number of nitrogens with one attached hydrogen (secondary N) is 1. The van der Waals surface area contributed by atoms with Crippen LogP contribution < -0.4 is 10.1 Å². The van der Waals surface area contributed by atoms with Crippen LogP contribution in [0.5, 0.6) is 5.75 Å². The summed E-state index contributed by atoms with van der Waals surface area (Å²) in [5.74, 6) is 0.820. The van der Waals surface area contributed by atoms with Crippen molar-refractivity contribution in [2.45, 2.75) is 6.92 Å². The SMILES string of the molecule is CCOc1ccc(N/C=C(\C#N)c2nc(-c3ccc(-c4ccccc4)cc3)cs2)cc1. The van der Waals surface area contributed by atoms with Gasteiger partial charge in [-0.25, -0.2) is 4.98 Å². The van der Waals surface area contributed by atoms with Gasteiger partial charge in [0.2, 0.25) is 0 Å². The number of hydrogen-bond donors (Lipinski definition) is 1. The van der Waals surface area contributed by atoms with Crippen LogP contribution in [-0.2, 0) is 0 Å². The molecule has 0 amide bonds. The highest BCUT2D eigenvalue weighted by Crippen LogP contribution is 2.28. The van der Waals surface area contributed by atoms with Gasteiger partial charge in [-0.3, -0.25) is 0 Å². The van der Waals surface area contributed by atoms with Crippen molar-refractivity contribution in [3.8, 4) is 34.2 Å². The van der Waals surface area contributed by atoms with Crippen molar-refractivity contribution in [3.63, 3.8) is 0 Å². The fourth-order valence-electron chi connectivity index (χ4n) is 3.11. The van der Waals surface area contributed by atoms with Gasteiger partial charge in [0, 0.05) is 22.8 Å². The van der Waals surface area contributed by atoms with Crippen molar-refractivity contribution >= 4 is 22.6 Å². The Morgan fingerprint density at radius 2 is 1.65 bits per heavy atom. The topological polar surface area (TPSA) is 57.9 Å². The quantitative estimate of drug-likeness (QED) is 0.330. The molecular formula is C26H21N3OS. The molecule has 1 aromatic heterocycles. The second-order valence-corrected chi connectivity index (χ2v) is 7.61. The Kier molecular flexibility index (Phi) is 6.41. The average molecular weight is 424 g/mol. The van der Waals surface area contributed by atoms with Gasteiger partial charge >= 0.3 is 0 Å². The molecule has 0 bridgehead atoms. The lowest BCUT2D eigenvalue weighted by Crippen LogP contribution is -1.93. The third kappa shape index (κ3) is 5.00. The molecule has 0 aliphatic carbocycles. The molecule has 4 aromatic rings. The van der Waals surface area contributed by atoms with Crippen molar-refractivity contribution in [3.05, 3.63) is 95.5 Å². The van der Waals surface area contributed by atoms with Gasteiger partial charge in [0.25, 0.3) is 0 Å². The van der Waals surface area contributed by atoms with Crippen LogP contribution in [0.2, 0.25) is 0 Å². The number of nitrogens with zero attached hydrogens (tertiary/aromatic N) is 2. The van der Waals surface area contributed by atoms with Crippen molar-refractivity contribution in [2.24, 2.45) is 0 Å². The molecule has 0 saturated carbocycles. The minimum Gasteiger partial charge on any atom is -0.494 e. The molecule has 0 aliphatic rings. The summed E-state index contributed by atoms with van der Waals surface area (Å²) in [5.41, 5.74) is 5.61. The van der Waals surface area contributed by atoms with Crippen LogP contribution in [0, 0.1) is 11.3 Å². The van der Waals surface area contributed by atoms with Gasteiger partial charge in [0.05, 0.1) is 12.3 Å². The molecular weight excluding hydrogens is 402 g/mol. The zero-order valence-corrected chi connectivity index (χ0v) is 17.9. The minimum absolute atomic E-state index is 0.492. The predicted molar refractivity (Wildman–Crippen MR) is 128 cm³/mol. The number of ether oxygens (including phenoxy) is 1. The van der Waals surface area contributed by atoms with E-state index in [2.05, 4.69) is 52.8 Å². The molecule has 152 valence electrons. The van der Waals surface area contributed by atoms with Crippen LogP contribution >= 0.6 is 11.3 Å². The van der Waals surface area contributed by atoms with Crippen molar-refractivity contribution in [2.75, 3.05) is 11.9 Å².